The number of hydrogen-bond donors (Lipinski definition) is 2. The van der Waals surface area contributed by atoms with Gasteiger partial charge in [0, 0.05) is 32.7 Å². The molecule has 3 heterocycles. The van der Waals surface area contributed by atoms with Crippen LogP contribution in [0.4, 0.5) is 16.6 Å². The number of imide groups is 1. The number of urea groups is 1. The van der Waals surface area contributed by atoms with Crippen LogP contribution in [0.2, 0.25) is 0 Å². The van der Waals surface area contributed by atoms with Crippen molar-refractivity contribution in [1.29, 1.82) is 0 Å². The number of carbonyl (C=O) groups excluding carboxylic acids is 3. The third kappa shape index (κ3) is 4.79. The normalized spacial score (nSPS) is 18.0. The molecular formula is C26H31N7O3. The Morgan fingerprint density at radius 2 is 1.86 bits per heavy atom. The molecule has 1 aliphatic heterocycles. The van der Waals surface area contributed by atoms with Crippen LogP contribution >= 0.6 is 0 Å². The van der Waals surface area contributed by atoms with E-state index in [-0.39, 0.29) is 18.4 Å². The molecule has 2 aromatic heterocycles. The van der Waals surface area contributed by atoms with Crippen molar-refractivity contribution in [2.75, 3.05) is 17.7 Å². The van der Waals surface area contributed by atoms with Gasteiger partial charge in [0.1, 0.15) is 11.9 Å². The Hall–Kier alpha value is -4.21. The van der Waals surface area contributed by atoms with E-state index in [1.54, 1.807) is 49.4 Å². The molecule has 1 aromatic carbocycles. The zero-order valence-corrected chi connectivity index (χ0v) is 20.8. The zero-order chi connectivity index (χ0) is 26.0. The van der Waals surface area contributed by atoms with Gasteiger partial charge < -0.3 is 15.6 Å². The SMILES string of the molecule is CC(C)[C@@H](NC(=O)N1C(=O)[C@H](Cc2ccnc(N)c2)[C@H]1C(=O)N(C)c1nccn1C)c1ccccc1. The number of nitrogens with two attached hydrogens (primary N) is 1. The van der Waals surface area contributed by atoms with E-state index in [4.69, 9.17) is 5.73 Å². The number of rotatable bonds is 7. The van der Waals surface area contributed by atoms with Crippen LogP contribution in [0.5, 0.6) is 0 Å². The van der Waals surface area contributed by atoms with Gasteiger partial charge in [-0.1, -0.05) is 44.2 Å². The molecule has 0 bridgehead atoms. The minimum Gasteiger partial charge on any atom is -0.384 e. The number of nitrogen functional groups attached to an aromatic ring is 1. The van der Waals surface area contributed by atoms with Gasteiger partial charge in [0.2, 0.25) is 11.9 Å². The second kappa shape index (κ2) is 10.2. The lowest BCUT2D eigenvalue weighted by Crippen LogP contribution is -2.70. The van der Waals surface area contributed by atoms with E-state index < -0.39 is 29.8 Å². The fourth-order valence-corrected chi connectivity index (χ4v) is 4.61. The molecule has 0 radical (unpaired) electrons. The van der Waals surface area contributed by atoms with Crippen molar-refractivity contribution in [2.45, 2.75) is 32.4 Å². The molecule has 3 N–H and O–H groups in total. The smallest absolute Gasteiger partial charge is 0.325 e. The number of likely N-dealkylation sites (tertiary alicyclic amines) is 1. The molecule has 4 amide bonds. The number of likely N-dealkylation sites (N-methyl/N-ethyl adjacent to an activating group) is 1. The Morgan fingerprint density at radius 1 is 1.14 bits per heavy atom. The van der Waals surface area contributed by atoms with Gasteiger partial charge >= 0.3 is 6.03 Å². The van der Waals surface area contributed by atoms with Crippen LogP contribution in [0.25, 0.3) is 0 Å². The standard InChI is InChI=1S/C26H31N7O3/c1-16(2)21(18-8-6-5-7-9-18)30-26(36)33-22(24(35)32(4)25-29-12-13-31(25)3)19(23(33)34)14-17-10-11-28-20(27)15-17/h5-13,15-16,19,21-22H,14H2,1-4H3,(H2,27,28)(H,30,36)/t19-,21-,22+/m1/s1. The largest absolute Gasteiger partial charge is 0.384 e. The maximum atomic E-state index is 13.7. The van der Waals surface area contributed by atoms with Gasteiger partial charge in [0.15, 0.2) is 0 Å². The molecule has 3 aromatic rings. The van der Waals surface area contributed by atoms with E-state index in [0.717, 1.165) is 16.0 Å². The Labute approximate surface area is 210 Å². The lowest BCUT2D eigenvalue weighted by atomic mass is 9.81. The number of imidazole rings is 1. The van der Waals surface area contributed by atoms with Crippen molar-refractivity contribution in [1.82, 2.24) is 24.8 Å². The quantitative estimate of drug-likeness (QED) is 0.491. The minimum absolute atomic E-state index is 0.0627. The molecule has 36 heavy (non-hydrogen) atoms. The van der Waals surface area contributed by atoms with Gasteiger partial charge in [-0.2, -0.15) is 0 Å². The Bertz CT molecular complexity index is 1260. The first kappa shape index (κ1) is 24.9. The van der Waals surface area contributed by atoms with Crippen LogP contribution in [-0.4, -0.2) is 50.4 Å². The van der Waals surface area contributed by atoms with Crippen molar-refractivity contribution >= 4 is 29.6 Å². The summed E-state index contributed by atoms with van der Waals surface area (Å²) < 4.78 is 1.70. The first-order valence-electron chi connectivity index (χ1n) is 11.8. The van der Waals surface area contributed by atoms with Gasteiger partial charge in [-0.05, 0) is 35.6 Å². The molecule has 4 rings (SSSR count). The maximum Gasteiger partial charge on any atom is 0.325 e. The van der Waals surface area contributed by atoms with Gasteiger partial charge in [-0.15, -0.1) is 0 Å². The number of carbonyl (C=O) groups is 3. The maximum absolute atomic E-state index is 13.7. The second-order valence-electron chi connectivity index (χ2n) is 9.37. The summed E-state index contributed by atoms with van der Waals surface area (Å²) in [5.41, 5.74) is 7.50. The molecule has 0 aliphatic carbocycles. The summed E-state index contributed by atoms with van der Waals surface area (Å²) in [5, 5.41) is 2.97. The fourth-order valence-electron chi connectivity index (χ4n) is 4.61. The van der Waals surface area contributed by atoms with Crippen molar-refractivity contribution in [3.8, 4) is 0 Å². The van der Waals surface area contributed by atoms with E-state index >= 15 is 0 Å². The van der Waals surface area contributed by atoms with Crippen LogP contribution in [0, 0.1) is 11.8 Å². The zero-order valence-electron chi connectivity index (χ0n) is 20.8. The second-order valence-corrected chi connectivity index (χ2v) is 9.37. The van der Waals surface area contributed by atoms with Crippen molar-refractivity contribution in [2.24, 2.45) is 18.9 Å². The summed E-state index contributed by atoms with van der Waals surface area (Å²) in [7, 11) is 3.36. The molecule has 0 spiro atoms. The number of nitrogens with zero attached hydrogens (tertiary/aromatic N) is 5. The number of hydrogen-bond acceptors (Lipinski definition) is 6. The van der Waals surface area contributed by atoms with Crippen molar-refractivity contribution in [3.05, 3.63) is 72.2 Å². The minimum atomic E-state index is -0.989. The molecule has 1 fully saturated rings. The molecule has 1 saturated heterocycles. The lowest BCUT2D eigenvalue weighted by Gasteiger charge is -2.46. The molecule has 3 atom stereocenters. The lowest BCUT2D eigenvalue weighted by molar-refractivity contribution is -0.156. The van der Waals surface area contributed by atoms with Gasteiger partial charge in [0.05, 0.1) is 12.0 Å². The van der Waals surface area contributed by atoms with Crippen LogP contribution in [0.15, 0.2) is 61.1 Å². The van der Waals surface area contributed by atoms with E-state index in [9.17, 15) is 14.4 Å². The average Bonchev–Trinajstić information content (AvgIpc) is 3.29. The number of aryl methyl sites for hydroxylation is 1. The molecule has 1 aliphatic rings. The van der Waals surface area contributed by atoms with E-state index in [0.29, 0.717) is 11.8 Å². The predicted molar refractivity (Wildman–Crippen MR) is 136 cm³/mol. The third-order valence-electron chi connectivity index (χ3n) is 6.52. The van der Waals surface area contributed by atoms with Crippen molar-refractivity contribution in [3.63, 3.8) is 0 Å². The summed E-state index contributed by atoms with van der Waals surface area (Å²) in [5.74, 6) is -0.730. The number of β-lactam (4-membered cyclic amide) rings is 1. The van der Waals surface area contributed by atoms with Gasteiger partial charge in [-0.25, -0.2) is 14.8 Å². The Morgan fingerprint density at radius 3 is 2.47 bits per heavy atom. The van der Waals surface area contributed by atoms with Crippen LogP contribution < -0.4 is 16.0 Å². The van der Waals surface area contributed by atoms with Crippen LogP contribution in [-0.2, 0) is 23.1 Å². The number of benzene rings is 1. The number of pyridine rings is 1. The number of nitrogens with one attached hydrogen (secondary N) is 1. The highest BCUT2D eigenvalue weighted by Gasteiger charge is 2.55. The summed E-state index contributed by atoms with van der Waals surface area (Å²) >= 11 is 0. The summed E-state index contributed by atoms with van der Waals surface area (Å²) in [4.78, 5) is 51.0. The third-order valence-corrected chi connectivity index (χ3v) is 6.52. The topological polar surface area (TPSA) is 126 Å². The highest BCUT2D eigenvalue weighted by molar-refractivity contribution is 6.12. The molecule has 0 saturated carbocycles. The molecule has 10 nitrogen and oxygen atoms in total. The van der Waals surface area contributed by atoms with E-state index in [1.165, 1.54) is 4.90 Å². The van der Waals surface area contributed by atoms with Crippen LogP contribution in [0.3, 0.4) is 0 Å². The summed E-state index contributed by atoms with van der Waals surface area (Å²) in [6.07, 6.45) is 5.12. The molecule has 188 valence electrons. The highest BCUT2D eigenvalue weighted by atomic mass is 16.2. The summed E-state index contributed by atoms with van der Waals surface area (Å²) in [6.45, 7) is 3.98. The Balaban J connectivity index is 1.62. The molecule has 0 unspecified atom stereocenters. The number of anilines is 2. The highest BCUT2D eigenvalue weighted by Crippen LogP contribution is 2.33. The molecule has 10 heteroatoms. The number of amides is 4. The first-order chi connectivity index (χ1) is 17.2. The van der Waals surface area contributed by atoms with E-state index in [2.05, 4.69) is 15.3 Å². The van der Waals surface area contributed by atoms with Crippen LogP contribution in [0.1, 0.15) is 31.0 Å². The van der Waals surface area contributed by atoms with Crippen molar-refractivity contribution < 1.29 is 14.4 Å². The fraction of sp³-hybridized carbons (Fsp3) is 0.346. The monoisotopic (exact) mass is 489 g/mol. The number of aromatic nitrogens is 3. The predicted octanol–water partition coefficient (Wildman–Crippen LogP) is 2.54. The average molecular weight is 490 g/mol. The van der Waals surface area contributed by atoms with Gasteiger partial charge in [-0.3, -0.25) is 19.4 Å². The Kier molecular flexibility index (Phi) is 7.05. The molecular weight excluding hydrogens is 458 g/mol. The summed E-state index contributed by atoms with van der Waals surface area (Å²) in [6, 6.07) is 11.1. The van der Waals surface area contributed by atoms with E-state index in [1.807, 2.05) is 44.2 Å². The van der Waals surface area contributed by atoms with Gasteiger partial charge in [0.25, 0.3) is 5.91 Å². The first-order valence-corrected chi connectivity index (χ1v) is 11.8.